The van der Waals surface area contributed by atoms with Crippen molar-refractivity contribution in [1.82, 2.24) is 19.6 Å². The van der Waals surface area contributed by atoms with Crippen LogP contribution in [0.2, 0.25) is 0 Å². The number of pyridine rings is 2. The van der Waals surface area contributed by atoms with Crippen LogP contribution in [0, 0.1) is 0 Å². The van der Waals surface area contributed by atoms with Gasteiger partial charge in [0.15, 0.2) is 5.65 Å². The third kappa shape index (κ3) is 2.85. The van der Waals surface area contributed by atoms with Crippen LogP contribution in [0.5, 0.6) is 0 Å². The predicted molar refractivity (Wildman–Crippen MR) is 91.1 cm³/mol. The van der Waals surface area contributed by atoms with Crippen molar-refractivity contribution in [3.8, 4) is 22.6 Å². The van der Waals surface area contributed by atoms with Crippen LogP contribution in [0.1, 0.15) is 5.56 Å². The van der Waals surface area contributed by atoms with E-state index in [4.69, 9.17) is 5.73 Å². The van der Waals surface area contributed by atoms with Gasteiger partial charge in [0.05, 0.1) is 5.56 Å². The van der Waals surface area contributed by atoms with Crippen molar-refractivity contribution in [2.24, 2.45) is 0 Å². The van der Waals surface area contributed by atoms with Gasteiger partial charge < -0.3 is 5.73 Å². The summed E-state index contributed by atoms with van der Waals surface area (Å²) in [6.45, 7) is 0. The van der Waals surface area contributed by atoms with Gasteiger partial charge in [0, 0.05) is 6.20 Å². The molecular weight excluding hydrogens is 343 g/mol. The van der Waals surface area contributed by atoms with Gasteiger partial charge in [-0.1, -0.05) is 18.2 Å². The first-order chi connectivity index (χ1) is 12.4. The first kappa shape index (κ1) is 16.1. The van der Waals surface area contributed by atoms with Crippen LogP contribution in [0.15, 0.2) is 60.8 Å². The molecule has 0 aliphatic heterocycles. The molecule has 0 unspecified atom stereocenters. The maximum absolute atomic E-state index is 12.9. The van der Waals surface area contributed by atoms with E-state index in [2.05, 4.69) is 15.1 Å². The van der Waals surface area contributed by atoms with E-state index >= 15 is 0 Å². The summed E-state index contributed by atoms with van der Waals surface area (Å²) in [5, 5.41) is 4.31. The van der Waals surface area contributed by atoms with Crippen LogP contribution in [-0.4, -0.2) is 19.6 Å². The molecule has 0 saturated carbocycles. The number of nitrogens with two attached hydrogens (primary N) is 1. The van der Waals surface area contributed by atoms with E-state index in [-0.39, 0.29) is 5.82 Å². The van der Waals surface area contributed by atoms with E-state index in [0.717, 1.165) is 12.1 Å². The molecule has 0 amide bonds. The highest BCUT2D eigenvalue weighted by molar-refractivity contribution is 5.72. The lowest BCUT2D eigenvalue weighted by Gasteiger charge is -2.09. The van der Waals surface area contributed by atoms with E-state index in [0.29, 0.717) is 28.3 Å². The summed E-state index contributed by atoms with van der Waals surface area (Å²) in [6.07, 6.45) is -2.79. The van der Waals surface area contributed by atoms with E-state index < -0.39 is 11.7 Å². The van der Waals surface area contributed by atoms with Crippen molar-refractivity contribution in [3.63, 3.8) is 0 Å². The highest BCUT2D eigenvalue weighted by atomic mass is 19.4. The topological polar surface area (TPSA) is 69.1 Å². The fourth-order valence-corrected chi connectivity index (χ4v) is 2.65. The number of anilines is 1. The van der Waals surface area contributed by atoms with Gasteiger partial charge in [-0.2, -0.15) is 17.7 Å². The molecule has 8 heteroatoms. The van der Waals surface area contributed by atoms with Crippen molar-refractivity contribution in [2.75, 3.05) is 5.73 Å². The molecule has 4 rings (SSSR count). The number of fused-ring (bicyclic) bond motifs is 1. The smallest absolute Gasteiger partial charge is 0.384 e. The Bertz CT molecular complexity index is 1090. The van der Waals surface area contributed by atoms with E-state index in [1.807, 2.05) is 6.07 Å². The second kappa shape index (κ2) is 5.83. The van der Waals surface area contributed by atoms with Crippen molar-refractivity contribution in [2.45, 2.75) is 6.18 Å². The highest BCUT2D eigenvalue weighted by Crippen LogP contribution is 2.33. The van der Waals surface area contributed by atoms with E-state index in [9.17, 15) is 13.2 Å². The minimum Gasteiger partial charge on any atom is -0.384 e. The fourth-order valence-electron chi connectivity index (χ4n) is 2.65. The Morgan fingerprint density at radius 1 is 0.923 bits per heavy atom. The van der Waals surface area contributed by atoms with Crippen molar-refractivity contribution < 1.29 is 13.2 Å². The summed E-state index contributed by atoms with van der Waals surface area (Å²) in [5.74, 6) is 0.656. The lowest BCUT2D eigenvalue weighted by molar-refractivity contribution is -0.137. The van der Waals surface area contributed by atoms with Gasteiger partial charge in [-0.25, -0.2) is 4.98 Å². The second-order valence-electron chi connectivity index (χ2n) is 5.67. The molecule has 0 bridgehead atoms. The first-order valence-corrected chi connectivity index (χ1v) is 7.67. The third-order valence-corrected chi connectivity index (χ3v) is 3.88. The van der Waals surface area contributed by atoms with Gasteiger partial charge in [-0.05, 0) is 47.5 Å². The Morgan fingerprint density at radius 3 is 2.50 bits per heavy atom. The monoisotopic (exact) mass is 355 g/mol. The van der Waals surface area contributed by atoms with Crippen LogP contribution < -0.4 is 5.73 Å². The van der Waals surface area contributed by atoms with Crippen LogP contribution >= 0.6 is 0 Å². The summed E-state index contributed by atoms with van der Waals surface area (Å²) < 4.78 is 40.3. The summed E-state index contributed by atoms with van der Waals surface area (Å²) in [7, 11) is 0. The number of hydrogen-bond donors (Lipinski definition) is 1. The molecule has 0 atom stereocenters. The zero-order valence-electron chi connectivity index (χ0n) is 13.3. The minimum absolute atomic E-state index is 0.268. The van der Waals surface area contributed by atoms with Crippen molar-refractivity contribution in [3.05, 3.63) is 66.4 Å². The Balaban J connectivity index is 1.83. The standard InChI is InChI=1S/C18H12F3N5/c19-18(20,21)13-5-3-4-11(8-13)12-9-15(22)26-16(10-12)24-17(25-26)14-6-1-2-7-23-14/h1-10H,22H2. The third-order valence-electron chi connectivity index (χ3n) is 3.88. The molecule has 4 aromatic rings. The quantitative estimate of drug-likeness (QED) is 0.589. The lowest BCUT2D eigenvalue weighted by Crippen LogP contribution is -2.04. The highest BCUT2D eigenvalue weighted by Gasteiger charge is 2.30. The molecule has 0 saturated heterocycles. The zero-order chi connectivity index (χ0) is 18.3. The molecule has 0 spiro atoms. The van der Waals surface area contributed by atoms with E-state index in [1.54, 1.807) is 36.5 Å². The number of halogens is 3. The number of aromatic nitrogens is 4. The van der Waals surface area contributed by atoms with Gasteiger partial charge in [-0.3, -0.25) is 4.98 Å². The molecule has 3 heterocycles. The number of alkyl halides is 3. The molecule has 130 valence electrons. The van der Waals surface area contributed by atoms with Crippen LogP contribution in [0.25, 0.3) is 28.3 Å². The molecule has 0 aliphatic rings. The molecule has 0 radical (unpaired) electrons. The minimum atomic E-state index is -4.41. The van der Waals surface area contributed by atoms with Crippen LogP contribution in [0.3, 0.4) is 0 Å². The largest absolute Gasteiger partial charge is 0.416 e. The number of rotatable bonds is 2. The number of nitrogens with zero attached hydrogens (tertiary/aromatic N) is 4. The molecule has 5 nitrogen and oxygen atoms in total. The van der Waals surface area contributed by atoms with Crippen LogP contribution in [0.4, 0.5) is 19.0 Å². The number of nitrogen functional groups attached to an aromatic ring is 1. The maximum atomic E-state index is 12.9. The predicted octanol–water partition coefficient (Wildman–Crippen LogP) is 4.06. The molecule has 0 fully saturated rings. The van der Waals surface area contributed by atoms with Crippen molar-refractivity contribution in [1.29, 1.82) is 0 Å². The normalized spacial score (nSPS) is 11.8. The molecule has 0 aliphatic carbocycles. The van der Waals surface area contributed by atoms with Gasteiger partial charge in [0.25, 0.3) is 0 Å². The Hall–Kier alpha value is -3.42. The maximum Gasteiger partial charge on any atom is 0.416 e. The number of hydrogen-bond acceptors (Lipinski definition) is 4. The van der Waals surface area contributed by atoms with E-state index in [1.165, 1.54) is 10.6 Å². The first-order valence-electron chi connectivity index (χ1n) is 7.67. The molecule has 1 aromatic carbocycles. The lowest BCUT2D eigenvalue weighted by atomic mass is 10.0. The number of benzene rings is 1. The average Bonchev–Trinajstić information content (AvgIpc) is 3.07. The summed E-state index contributed by atoms with van der Waals surface area (Å²) in [4.78, 5) is 8.58. The van der Waals surface area contributed by atoms with Gasteiger partial charge in [0.2, 0.25) is 5.82 Å². The molecular formula is C18H12F3N5. The summed E-state index contributed by atoms with van der Waals surface area (Å²) in [5.41, 5.74) is 7.25. The summed E-state index contributed by atoms with van der Waals surface area (Å²) >= 11 is 0. The van der Waals surface area contributed by atoms with Crippen LogP contribution in [-0.2, 0) is 6.18 Å². The van der Waals surface area contributed by atoms with Crippen molar-refractivity contribution >= 4 is 11.5 Å². The second-order valence-corrected chi connectivity index (χ2v) is 5.67. The Labute approximate surface area is 145 Å². The SMILES string of the molecule is Nc1cc(-c2cccc(C(F)(F)F)c2)cc2nc(-c3ccccn3)nn12. The molecule has 26 heavy (non-hydrogen) atoms. The summed E-state index contributed by atoms with van der Waals surface area (Å²) in [6, 6.07) is 13.6. The molecule has 3 aromatic heterocycles. The van der Waals surface area contributed by atoms with Gasteiger partial charge in [0.1, 0.15) is 11.5 Å². The van der Waals surface area contributed by atoms with Gasteiger partial charge >= 0.3 is 6.18 Å². The average molecular weight is 355 g/mol. The van der Waals surface area contributed by atoms with Gasteiger partial charge in [-0.15, -0.1) is 5.10 Å². The Kier molecular flexibility index (Phi) is 3.61. The Morgan fingerprint density at radius 2 is 1.77 bits per heavy atom. The fraction of sp³-hybridized carbons (Fsp3) is 0.0556. The molecule has 2 N–H and O–H groups in total. The zero-order valence-corrected chi connectivity index (χ0v) is 13.3.